The Kier molecular flexibility index (Phi) is 3.19. The van der Waals surface area contributed by atoms with Crippen molar-refractivity contribution < 1.29 is 0 Å². The highest BCUT2D eigenvalue weighted by molar-refractivity contribution is 5.82. The van der Waals surface area contributed by atoms with E-state index in [-0.39, 0.29) is 11.9 Å². The lowest BCUT2D eigenvalue weighted by Crippen LogP contribution is -2.35. The lowest BCUT2D eigenvalue weighted by Gasteiger charge is -2.05. The second-order valence-electron chi connectivity index (χ2n) is 1.85. The van der Waals surface area contributed by atoms with Gasteiger partial charge in [0.15, 0.2) is 0 Å². The van der Waals surface area contributed by atoms with E-state index in [2.05, 4.69) is 0 Å². The smallest absolute Gasteiger partial charge is 0.108 e. The van der Waals surface area contributed by atoms with Gasteiger partial charge in [-0.15, -0.1) is 0 Å². The standard InChI is InChI=1S/C5H13N3/c1-2-3-4(6)5(7)8/h4H,2-3,6H2,1H3,(H3,7,8). The molecule has 0 amide bonds. The summed E-state index contributed by atoms with van der Waals surface area (Å²) < 4.78 is 0. The minimum absolute atomic E-state index is 0.0897. The fraction of sp³-hybridized carbons (Fsp3) is 0.800. The molecule has 8 heavy (non-hydrogen) atoms. The maximum Gasteiger partial charge on any atom is 0.108 e. The lowest BCUT2D eigenvalue weighted by atomic mass is 10.2. The lowest BCUT2D eigenvalue weighted by molar-refractivity contribution is 0.723. The molecule has 0 aromatic rings. The predicted octanol–water partition coefficient (Wildman–Crippen LogP) is 0.0498. The second-order valence-corrected chi connectivity index (χ2v) is 1.85. The molecule has 0 bridgehead atoms. The van der Waals surface area contributed by atoms with Gasteiger partial charge in [-0.3, -0.25) is 5.41 Å². The molecule has 1 unspecified atom stereocenters. The van der Waals surface area contributed by atoms with Crippen molar-refractivity contribution >= 4 is 5.84 Å². The summed E-state index contributed by atoms with van der Waals surface area (Å²) in [5.41, 5.74) is 10.5. The Balaban J connectivity index is 3.32. The van der Waals surface area contributed by atoms with Crippen LogP contribution in [0.4, 0.5) is 0 Å². The molecule has 0 aliphatic carbocycles. The molecule has 0 radical (unpaired) electrons. The van der Waals surface area contributed by atoms with Gasteiger partial charge in [0.2, 0.25) is 0 Å². The molecule has 48 valence electrons. The number of nitrogens with two attached hydrogens (primary N) is 2. The normalized spacial score (nSPS) is 13.2. The molecular weight excluding hydrogens is 102 g/mol. The molecule has 0 aromatic heterocycles. The predicted molar refractivity (Wildman–Crippen MR) is 34.8 cm³/mol. The molecule has 0 heterocycles. The minimum atomic E-state index is -0.222. The van der Waals surface area contributed by atoms with Gasteiger partial charge in [0.25, 0.3) is 0 Å². The third-order valence-corrected chi connectivity index (χ3v) is 0.999. The van der Waals surface area contributed by atoms with E-state index in [0.717, 1.165) is 12.8 Å². The van der Waals surface area contributed by atoms with Gasteiger partial charge in [-0.05, 0) is 6.42 Å². The van der Waals surface area contributed by atoms with Crippen LogP contribution in [0.15, 0.2) is 0 Å². The summed E-state index contributed by atoms with van der Waals surface area (Å²) in [5.74, 6) is 0.0897. The SMILES string of the molecule is CCCC(N)C(=N)N. The average Bonchev–Trinajstić information content (AvgIpc) is 1.67. The van der Waals surface area contributed by atoms with Crippen LogP contribution in [0, 0.1) is 5.41 Å². The van der Waals surface area contributed by atoms with Crippen molar-refractivity contribution in [3.63, 3.8) is 0 Å². The second kappa shape index (κ2) is 3.43. The van der Waals surface area contributed by atoms with Crippen LogP contribution in [0.2, 0.25) is 0 Å². The Morgan fingerprint density at radius 1 is 1.75 bits per heavy atom. The zero-order chi connectivity index (χ0) is 6.57. The molecule has 0 fully saturated rings. The maximum atomic E-state index is 6.86. The third-order valence-electron chi connectivity index (χ3n) is 0.999. The molecule has 5 N–H and O–H groups in total. The van der Waals surface area contributed by atoms with Crippen LogP contribution in [-0.4, -0.2) is 11.9 Å². The first-order chi connectivity index (χ1) is 3.68. The summed E-state index contributed by atoms with van der Waals surface area (Å²) in [6.45, 7) is 2.02. The average molecular weight is 115 g/mol. The monoisotopic (exact) mass is 115 g/mol. The van der Waals surface area contributed by atoms with Gasteiger partial charge < -0.3 is 11.5 Å². The van der Waals surface area contributed by atoms with E-state index in [0.29, 0.717) is 0 Å². The Morgan fingerprint density at radius 2 is 2.25 bits per heavy atom. The number of amidine groups is 1. The van der Waals surface area contributed by atoms with Crippen molar-refractivity contribution in [1.82, 2.24) is 0 Å². The van der Waals surface area contributed by atoms with Crippen LogP contribution in [-0.2, 0) is 0 Å². The highest BCUT2D eigenvalue weighted by atomic mass is 14.8. The number of nitrogens with one attached hydrogen (secondary N) is 1. The van der Waals surface area contributed by atoms with Crippen molar-refractivity contribution in [3.8, 4) is 0 Å². The zero-order valence-electron chi connectivity index (χ0n) is 5.15. The van der Waals surface area contributed by atoms with E-state index in [9.17, 15) is 0 Å². The van der Waals surface area contributed by atoms with Gasteiger partial charge in [0.1, 0.15) is 5.84 Å². The van der Waals surface area contributed by atoms with Crippen LogP contribution in [0.3, 0.4) is 0 Å². The summed E-state index contributed by atoms with van der Waals surface area (Å²) in [5, 5.41) is 6.86. The first-order valence-electron chi connectivity index (χ1n) is 2.78. The molecule has 0 aliphatic rings. The van der Waals surface area contributed by atoms with Crippen molar-refractivity contribution in [3.05, 3.63) is 0 Å². The summed E-state index contributed by atoms with van der Waals surface area (Å²) in [4.78, 5) is 0. The van der Waals surface area contributed by atoms with E-state index in [1.807, 2.05) is 6.92 Å². The minimum Gasteiger partial charge on any atom is -0.386 e. The molecule has 0 aliphatic heterocycles. The molecular formula is C5H13N3. The van der Waals surface area contributed by atoms with Gasteiger partial charge in [0.05, 0.1) is 6.04 Å². The van der Waals surface area contributed by atoms with Crippen LogP contribution in [0.25, 0.3) is 0 Å². The molecule has 1 atom stereocenters. The van der Waals surface area contributed by atoms with E-state index >= 15 is 0 Å². The van der Waals surface area contributed by atoms with Gasteiger partial charge in [-0.1, -0.05) is 13.3 Å². The molecule has 3 nitrogen and oxygen atoms in total. The van der Waals surface area contributed by atoms with Gasteiger partial charge in [-0.2, -0.15) is 0 Å². The van der Waals surface area contributed by atoms with E-state index in [1.165, 1.54) is 0 Å². The van der Waals surface area contributed by atoms with Crippen LogP contribution < -0.4 is 11.5 Å². The number of hydrogen-bond acceptors (Lipinski definition) is 2. The Bertz CT molecular complexity index is 79.7. The summed E-state index contributed by atoms with van der Waals surface area (Å²) in [6.07, 6.45) is 1.80. The van der Waals surface area contributed by atoms with Crippen molar-refractivity contribution in [2.24, 2.45) is 11.5 Å². The fourth-order valence-electron chi connectivity index (χ4n) is 0.467. The van der Waals surface area contributed by atoms with Gasteiger partial charge in [0, 0.05) is 0 Å². The molecule has 0 saturated heterocycles. The fourth-order valence-corrected chi connectivity index (χ4v) is 0.467. The highest BCUT2D eigenvalue weighted by Crippen LogP contribution is 1.90. The quantitative estimate of drug-likeness (QED) is 0.359. The largest absolute Gasteiger partial charge is 0.386 e. The van der Waals surface area contributed by atoms with Crippen LogP contribution in [0.1, 0.15) is 19.8 Å². The molecule has 3 heteroatoms. The molecule has 0 saturated carbocycles. The Labute approximate surface area is 49.6 Å². The van der Waals surface area contributed by atoms with E-state index < -0.39 is 0 Å². The summed E-state index contributed by atoms with van der Waals surface area (Å²) in [7, 11) is 0. The van der Waals surface area contributed by atoms with Crippen molar-refractivity contribution in [1.29, 1.82) is 5.41 Å². The van der Waals surface area contributed by atoms with E-state index in [4.69, 9.17) is 16.9 Å². The Hall–Kier alpha value is -0.570. The molecule has 0 rings (SSSR count). The topological polar surface area (TPSA) is 75.9 Å². The maximum absolute atomic E-state index is 6.86. The van der Waals surface area contributed by atoms with Crippen LogP contribution >= 0.6 is 0 Å². The van der Waals surface area contributed by atoms with Crippen molar-refractivity contribution in [2.75, 3.05) is 0 Å². The van der Waals surface area contributed by atoms with E-state index in [1.54, 1.807) is 0 Å². The van der Waals surface area contributed by atoms with Gasteiger partial charge in [-0.25, -0.2) is 0 Å². The summed E-state index contributed by atoms with van der Waals surface area (Å²) >= 11 is 0. The third kappa shape index (κ3) is 2.58. The van der Waals surface area contributed by atoms with Gasteiger partial charge >= 0.3 is 0 Å². The molecule has 0 aromatic carbocycles. The highest BCUT2D eigenvalue weighted by Gasteiger charge is 2.01. The Morgan fingerprint density at radius 3 is 2.38 bits per heavy atom. The van der Waals surface area contributed by atoms with Crippen molar-refractivity contribution in [2.45, 2.75) is 25.8 Å². The molecule has 0 spiro atoms. The first-order valence-corrected chi connectivity index (χ1v) is 2.78. The number of rotatable bonds is 3. The summed E-state index contributed by atoms with van der Waals surface area (Å²) in [6, 6.07) is -0.222. The van der Waals surface area contributed by atoms with Crippen LogP contribution in [0.5, 0.6) is 0 Å². The number of hydrogen-bond donors (Lipinski definition) is 3. The zero-order valence-corrected chi connectivity index (χ0v) is 5.15. The first kappa shape index (κ1) is 7.43.